The fourth-order valence-corrected chi connectivity index (χ4v) is 14.4. The molecule has 0 aliphatic carbocycles. The quantitative estimate of drug-likeness (QED) is 0.00697. The van der Waals surface area contributed by atoms with Crippen LogP contribution in [0.1, 0.15) is 122 Å². The Morgan fingerprint density at radius 1 is 0.340 bits per heavy atom. The lowest BCUT2D eigenvalue weighted by Gasteiger charge is -2.22. The van der Waals surface area contributed by atoms with Crippen LogP contribution in [0.2, 0.25) is 0 Å². The van der Waals surface area contributed by atoms with Gasteiger partial charge in [-0.3, -0.25) is 48.0 Å². The maximum absolute atomic E-state index is 13.7. The van der Waals surface area contributed by atoms with Gasteiger partial charge in [0.25, 0.3) is 11.6 Å². The SMILES string of the molecule is COc1cc(C(=O)C(=O)O)ccc1Br.COc1cc(C(=O)C(C)=O)ccc1Br.COc1cc(C(C)=O)ccc1Br.COc1cc(C(C)O)ccc1Br.COc1cc(C(F)(F)C(=O)C(C)=O)ccc1Br.COc1cc(C(F)(F)C(C)=O)ccc1Br.COc1cc(C(F)(F)C(O)C(C)=O)ccc1Br.COc1cc(C(F)(F)C(O)OC)ccc1Br.COc1cc(C=O)ccc1Br.[C-]#[N+]C(O)C(F)(F)c1ccc(Br)c(OC)c1. The molecule has 10 aromatic rings. The predicted molar refractivity (Wildman–Crippen MR) is 548 cm³/mol. The first kappa shape index (κ1) is 132. The number of rotatable bonds is 30. The molecule has 10 aromatic carbocycles. The van der Waals surface area contributed by atoms with Crippen molar-refractivity contribution in [2.45, 2.75) is 95.9 Å². The number of hydrogen-bond donors (Lipinski definition) is 5. The second-order valence-electron chi connectivity index (χ2n) is 28.0. The number of Topliss-reactive ketones (excluding diaryl/α,β-unsaturated/α-hetero) is 8. The summed E-state index contributed by atoms with van der Waals surface area (Å²) >= 11 is 32.0. The van der Waals surface area contributed by atoms with E-state index in [1.165, 1.54) is 124 Å². The van der Waals surface area contributed by atoms with Gasteiger partial charge in [0.1, 0.15) is 63.8 Å². The van der Waals surface area contributed by atoms with Gasteiger partial charge < -0.3 is 77.6 Å². The molecule has 0 heterocycles. The molecule has 144 heavy (non-hydrogen) atoms. The molecule has 4 unspecified atom stereocenters. The first-order valence-corrected chi connectivity index (χ1v) is 47.7. The molecule has 0 fully saturated rings. The zero-order chi connectivity index (χ0) is 111. The van der Waals surface area contributed by atoms with E-state index in [0.29, 0.717) is 66.5 Å². The number of carbonyl (C=O) groups excluding carboxylic acids is 9. The predicted octanol–water partition coefficient (Wildman–Crippen LogP) is 25.0. The summed E-state index contributed by atoms with van der Waals surface area (Å²) in [7, 11) is 15.4. The molecular weight excluding hydrogens is 2580 g/mol. The molecule has 0 spiro atoms. The fourth-order valence-electron chi connectivity index (χ4n) is 10.3. The van der Waals surface area contributed by atoms with Crippen molar-refractivity contribution in [3.05, 3.63) is 294 Å². The summed E-state index contributed by atoms with van der Waals surface area (Å²) in [5, 5.41) is 44.9. The van der Waals surface area contributed by atoms with Gasteiger partial charge in [-0.1, -0.05) is 48.5 Å². The van der Waals surface area contributed by atoms with Crippen LogP contribution in [-0.4, -0.2) is 181 Å². The molecule has 0 aliphatic rings. The highest BCUT2D eigenvalue weighted by atomic mass is 79.9. The van der Waals surface area contributed by atoms with Crippen molar-refractivity contribution in [3.8, 4) is 57.5 Å². The van der Waals surface area contributed by atoms with Gasteiger partial charge in [-0.15, -0.1) is 0 Å². The number of carbonyl (C=O) groups is 10. The number of hydrogen-bond acceptors (Lipinski definition) is 25. The topological polar surface area (TPSA) is 378 Å². The van der Waals surface area contributed by atoms with Crippen molar-refractivity contribution in [1.82, 2.24) is 0 Å². The first-order valence-electron chi connectivity index (χ1n) is 39.8. The molecule has 0 aliphatic heterocycles. The molecule has 780 valence electrons. The molecule has 10 rings (SSSR count). The number of benzene rings is 10. The molecule has 0 saturated carbocycles. The highest BCUT2D eigenvalue weighted by Crippen LogP contribution is 2.43. The average molecular weight is 2680 g/mol. The third-order valence-corrected chi connectivity index (χ3v) is 24.8. The van der Waals surface area contributed by atoms with E-state index in [9.17, 15) is 102 Å². The van der Waals surface area contributed by atoms with Gasteiger partial charge in [0.05, 0.1) is 122 Å². The zero-order valence-electron chi connectivity index (χ0n) is 78.5. The Labute approximate surface area is 904 Å². The van der Waals surface area contributed by atoms with Crippen LogP contribution in [0.25, 0.3) is 4.85 Å². The average Bonchev–Trinajstić information content (AvgIpc) is 0.790. The number of halogens is 20. The molecule has 0 saturated heterocycles. The summed E-state index contributed by atoms with van der Waals surface area (Å²) in [5.41, 5.74) is 0.330. The van der Waals surface area contributed by atoms with Gasteiger partial charge >= 0.3 is 41.8 Å². The van der Waals surface area contributed by atoms with Crippen LogP contribution in [0.4, 0.5) is 43.9 Å². The van der Waals surface area contributed by atoms with E-state index in [1.807, 2.05) is 18.2 Å². The number of carboxylic acids is 1. The lowest BCUT2D eigenvalue weighted by molar-refractivity contribution is -0.228. The van der Waals surface area contributed by atoms with Crippen molar-refractivity contribution in [2.24, 2.45) is 0 Å². The summed E-state index contributed by atoms with van der Waals surface area (Å²) in [4.78, 5) is 111. The Morgan fingerprint density at radius 2 is 0.611 bits per heavy atom. The third kappa shape index (κ3) is 40.0. The van der Waals surface area contributed by atoms with Gasteiger partial charge in [0, 0.05) is 78.0 Å². The summed E-state index contributed by atoms with van der Waals surface area (Å²) in [6, 6.07) is 43.2. The van der Waals surface area contributed by atoms with Gasteiger partial charge in [0.2, 0.25) is 23.6 Å². The van der Waals surface area contributed by atoms with Crippen LogP contribution in [0.5, 0.6) is 57.5 Å². The lowest BCUT2D eigenvalue weighted by atomic mass is 10.0. The molecule has 47 heteroatoms. The molecule has 0 bridgehead atoms. The minimum atomic E-state index is -3.83. The third-order valence-electron chi connectivity index (χ3n) is 18.3. The number of aliphatic carboxylic acids is 1. The number of ketones is 8. The minimum absolute atomic E-state index is 0.0424. The number of nitrogens with zero attached hydrogens (tertiary/aromatic N) is 1. The highest BCUT2D eigenvalue weighted by molar-refractivity contribution is 9.12. The normalized spacial score (nSPS) is 11.4. The number of methoxy groups -OCH3 is 11. The van der Waals surface area contributed by atoms with Crippen LogP contribution >= 0.6 is 159 Å². The maximum atomic E-state index is 13.7. The minimum Gasteiger partial charge on any atom is -0.496 e. The molecule has 27 nitrogen and oxygen atoms in total. The van der Waals surface area contributed by atoms with Crippen LogP contribution in [0, 0.1) is 6.57 Å². The highest BCUT2D eigenvalue weighted by Gasteiger charge is 2.48. The monoisotopic (exact) mass is 2660 g/mol. The van der Waals surface area contributed by atoms with Crippen molar-refractivity contribution in [2.75, 3.05) is 78.2 Å². The van der Waals surface area contributed by atoms with Gasteiger partial charge in [0.15, 0.2) is 23.5 Å². The van der Waals surface area contributed by atoms with Crippen molar-refractivity contribution in [3.63, 3.8) is 0 Å². The van der Waals surface area contributed by atoms with Crippen LogP contribution in [0.3, 0.4) is 0 Å². The van der Waals surface area contributed by atoms with Gasteiger partial charge in [-0.25, -0.2) is 11.4 Å². The molecule has 0 radical (unpaired) electrons. The zero-order valence-corrected chi connectivity index (χ0v) is 94.4. The lowest BCUT2D eigenvalue weighted by Crippen LogP contribution is -2.36. The number of carboxylic acid groups (broad SMARTS) is 1. The van der Waals surface area contributed by atoms with E-state index in [0.717, 1.165) is 112 Å². The van der Waals surface area contributed by atoms with E-state index in [-0.39, 0.29) is 51.2 Å². The van der Waals surface area contributed by atoms with Gasteiger partial charge in [-0.05, 0) is 319 Å². The fraction of sp³-hybridized carbons (Fsp3) is 0.268. The van der Waals surface area contributed by atoms with Crippen LogP contribution in [0.15, 0.2) is 227 Å². The molecule has 4 atom stereocenters. The van der Waals surface area contributed by atoms with E-state index in [2.05, 4.69) is 169 Å². The molecule has 0 aromatic heterocycles. The summed E-state index contributed by atoms with van der Waals surface area (Å²) in [6.45, 7) is 13.5. The summed E-state index contributed by atoms with van der Waals surface area (Å²) < 4.78 is 196. The number of aliphatic hydroxyl groups excluding tert-OH is 4. The van der Waals surface area contributed by atoms with E-state index >= 15 is 0 Å². The largest absolute Gasteiger partial charge is 0.496 e. The molecule has 5 N–H and O–H groups in total. The van der Waals surface area contributed by atoms with Crippen LogP contribution < -0.4 is 47.4 Å². The Hall–Kier alpha value is -9.91. The van der Waals surface area contributed by atoms with Gasteiger partial charge in [-0.2, -0.15) is 43.9 Å². The second kappa shape index (κ2) is 62.9. The smallest absolute Gasteiger partial charge is 0.393 e. The number of aldehydes is 1. The summed E-state index contributed by atoms with van der Waals surface area (Å²) in [5.74, 6) is -22.3. The Kier molecular flexibility index (Phi) is 57.7. The van der Waals surface area contributed by atoms with E-state index < -0.39 is 117 Å². The number of ether oxygens (including phenoxy) is 11. The Morgan fingerprint density at radius 3 is 0.903 bits per heavy atom. The van der Waals surface area contributed by atoms with Crippen molar-refractivity contribution in [1.29, 1.82) is 0 Å². The summed E-state index contributed by atoms with van der Waals surface area (Å²) in [6.07, 6.45) is -6.59. The molecule has 0 amide bonds. The van der Waals surface area contributed by atoms with E-state index in [1.54, 1.807) is 82.9 Å². The standard InChI is InChI=1S/C11H11BrF2O3.C11H9BrF2O3.C10H8BrF2NO2.C10H11BrF2O3.C10H9BrF2O2.C10H9BrO3.C9H7BrO4.C9H11BrO2.C9H9BrO2.C8H7BrO2/c2*1-6(15)10(16)11(13,14)7-3-4-8(12)9(5-7)17-2;1-14-9(15)10(12,13)6-3-4-7(11)8(5-6)16-2;1-15-8-5-6(3-4-7(8)11)10(12,13)9(14)16-2;1-6(14)10(12,13)7-3-4-8(11)9(5-7)15-2;1-6(12)10(13)7-3-4-8(11)9(5-7)14-2;1-14-7-4-5(2-3-6(7)10)8(11)9(12)13;2*1-6(11)7-3-4-8(10)9(5-7)12-2;1-11-8-4-6(5-10)2-3-7(8)9/h3-5,10,16H,1-2H3;3-5H,1-2H3;3-5,9,15H,2H3;3-5,9,14H,1-2H3;3-5H,1-2H3;3-5H,1-2H3;2-4H,1H3,(H,12,13);3-6,11H,1-2H3;3-5H,1-2H3;2-5H,1H3. The number of alkyl halides is 10. The first-order chi connectivity index (χ1) is 67.0. The van der Waals surface area contributed by atoms with E-state index in [4.69, 9.17) is 69.3 Å². The Balaban J connectivity index is 0.000000802. The molecular formula is C97H91Br10F10NO26. The number of aliphatic hydroxyl groups is 4. The van der Waals surface area contributed by atoms with Crippen molar-refractivity contribution >= 4 is 218 Å². The Bertz CT molecular complexity index is 6060. The van der Waals surface area contributed by atoms with Crippen molar-refractivity contribution < 1.29 is 169 Å². The second-order valence-corrected chi connectivity index (χ2v) is 36.6. The van der Waals surface area contributed by atoms with Crippen LogP contribution in [-0.2, 0) is 63.1 Å². The maximum Gasteiger partial charge on any atom is 0.393 e.